The SMILES string of the molecule is CC(C)N(CC(N)=O)c1ccc(C#N)c(Br)c1F. The van der Waals surface area contributed by atoms with E-state index in [0.29, 0.717) is 0 Å². The minimum absolute atomic E-state index is 0.0765. The van der Waals surface area contributed by atoms with Gasteiger partial charge in [0.15, 0.2) is 5.82 Å². The molecular formula is C12H13BrFN3O. The molecule has 96 valence electrons. The minimum atomic E-state index is -0.566. The molecule has 0 aliphatic heterocycles. The second kappa shape index (κ2) is 5.83. The number of carbonyl (C=O) groups is 1. The third-order valence-electron chi connectivity index (χ3n) is 2.44. The number of anilines is 1. The van der Waals surface area contributed by atoms with Crippen LogP contribution in [0, 0.1) is 17.1 Å². The van der Waals surface area contributed by atoms with E-state index in [1.54, 1.807) is 4.90 Å². The van der Waals surface area contributed by atoms with Crippen molar-refractivity contribution >= 4 is 27.5 Å². The number of nitrogens with two attached hydrogens (primary N) is 1. The molecule has 0 heterocycles. The summed E-state index contributed by atoms with van der Waals surface area (Å²) in [5.74, 6) is -1.10. The molecule has 1 aromatic carbocycles. The molecule has 0 spiro atoms. The average molecular weight is 314 g/mol. The van der Waals surface area contributed by atoms with Gasteiger partial charge in [0, 0.05) is 6.04 Å². The number of hydrogen-bond acceptors (Lipinski definition) is 3. The lowest BCUT2D eigenvalue weighted by Crippen LogP contribution is -2.39. The zero-order chi connectivity index (χ0) is 13.9. The monoisotopic (exact) mass is 313 g/mol. The van der Waals surface area contributed by atoms with Crippen LogP contribution in [0.3, 0.4) is 0 Å². The van der Waals surface area contributed by atoms with Crippen LogP contribution in [0.25, 0.3) is 0 Å². The smallest absolute Gasteiger partial charge is 0.236 e. The van der Waals surface area contributed by atoms with E-state index in [4.69, 9.17) is 11.0 Å². The van der Waals surface area contributed by atoms with Crippen LogP contribution >= 0.6 is 15.9 Å². The molecule has 0 atom stereocenters. The summed E-state index contributed by atoms with van der Waals surface area (Å²) in [6.45, 7) is 3.58. The predicted octanol–water partition coefficient (Wildman–Crippen LogP) is 2.16. The predicted molar refractivity (Wildman–Crippen MR) is 70.5 cm³/mol. The topological polar surface area (TPSA) is 70.1 Å². The molecule has 0 unspecified atom stereocenters. The number of benzene rings is 1. The lowest BCUT2D eigenvalue weighted by Gasteiger charge is -2.28. The molecule has 18 heavy (non-hydrogen) atoms. The van der Waals surface area contributed by atoms with E-state index in [1.807, 2.05) is 19.9 Å². The highest BCUT2D eigenvalue weighted by atomic mass is 79.9. The number of amides is 1. The van der Waals surface area contributed by atoms with Gasteiger partial charge >= 0.3 is 0 Å². The summed E-state index contributed by atoms with van der Waals surface area (Å²) >= 11 is 3.03. The minimum Gasteiger partial charge on any atom is -0.368 e. The first kappa shape index (κ1) is 14.5. The summed E-state index contributed by atoms with van der Waals surface area (Å²) in [5, 5.41) is 8.79. The number of hydrogen-bond donors (Lipinski definition) is 1. The fourth-order valence-corrected chi connectivity index (χ4v) is 1.99. The van der Waals surface area contributed by atoms with Gasteiger partial charge < -0.3 is 10.6 Å². The van der Waals surface area contributed by atoms with E-state index >= 15 is 0 Å². The van der Waals surface area contributed by atoms with Crippen molar-refractivity contribution in [2.45, 2.75) is 19.9 Å². The van der Waals surface area contributed by atoms with Crippen LogP contribution in [-0.2, 0) is 4.79 Å². The molecule has 1 rings (SSSR count). The summed E-state index contributed by atoms with van der Waals surface area (Å²) in [6, 6.07) is 4.76. The van der Waals surface area contributed by atoms with Gasteiger partial charge in [-0.25, -0.2) is 4.39 Å². The molecule has 0 aliphatic carbocycles. The van der Waals surface area contributed by atoms with Gasteiger partial charge in [0.1, 0.15) is 6.07 Å². The van der Waals surface area contributed by atoms with Gasteiger partial charge in [-0.1, -0.05) is 0 Å². The standard InChI is InChI=1S/C12H13BrFN3O/c1-7(2)17(6-10(16)18)9-4-3-8(5-15)11(13)12(9)14/h3-4,7H,6H2,1-2H3,(H2,16,18). The second-order valence-electron chi connectivity index (χ2n) is 4.06. The third-order valence-corrected chi connectivity index (χ3v) is 3.22. The van der Waals surface area contributed by atoms with E-state index in [9.17, 15) is 9.18 Å². The van der Waals surface area contributed by atoms with E-state index < -0.39 is 11.7 Å². The second-order valence-corrected chi connectivity index (χ2v) is 4.85. The van der Waals surface area contributed by atoms with Crippen molar-refractivity contribution in [3.05, 3.63) is 28.0 Å². The molecule has 0 radical (unpaired) electrons. The van der Waals surface area contributed by atoms with Crippen LogP contribution in [0.2, 0.25) is 0 Å². The number of rotatable bonds is 4. The molecule has 0 saturated carbocycles. The molecule has 0 fully saturated rings. The molecule has 1 aromatic rings. The van der Waals surface area contributed by atoms with Crippen molar-refractivity contribution in [1.82, 2.24) is 0 Å². The molecular weight excluding hydrogens is 301 g/mol. The number of nitriles is 1. The first-order valence-corrected chi connectivity index (χ1v) is 6.10. The van der Waals surface area contributed by atoms with Crippen molar-refractivity contribution in [2.75, 3.05) is 11.4 Å². The summed E-state index contributed by atoms with van der Waals surface area (Å²) in [7, 11) is 0. The number of nitrogens with zero attached hydrogens (tertiary/aromatic N) is 2. The third kappa shape index (κ3) is 2.99. The average Bonchev–Trinajstić information content (AvgIpc) is 2.29. The Morgan fingerprint density at radius 2 is 2.22 bits per heavy atom. The number of primary amides is 1. The van der Waals surface area contributed by atoms with E-state index in [2.05, 4.69) is 15.9 Å². The van der Waals surface area contributed by atoms with Crippen molar-refractivity contribution < 1.29 is 9.18 Å². The molecule has 0 bridgehead atoms. The summed E-state index contributed by atoms with van der Waals surface area (Å²) in [6.07, 6.45) is 0. The van der Waals surface area contributed by atoms with Gasteiger partial charge in [-0.15, -0.1) is 0 Å². The van der Waals surface area contributed by atoms with Crippen LogP contribution in [0.15, 0.2) is 16.6 Å². The van der Waals surface area contributed by atoms with Crippen molar-refractivity contribution in [1.29, 1.82) is 5.26 Å². The van der Waals surface area contributed by atoms with Gasteiger partial charge in [-0.2, -0.15) is 5.26 Å². The first-order valence-electron chi connectivity index (χ1n) is 5.31. The first-order chi connectivity index (χ1) is 8.38. The normalized spacial score (nSPS) is 10.2. The van der Waals surface area contributed by atoms with Gasteiger partial charge in [0.25, 0.3) is 0 Å². The van der Waals surface area contributed by atoms with Crippen LogP contribution in [0.5, 0.6) is 0 Å². The Morgan fingerprint density at radius 3 is 2.67 bits per heavy atom. The fraction of sp³-hybridized carbons (Fsp3) is 0.333. The number of carbonyl (C=O) groups excluding carboxylic acids is 1. The Hall–Kier alpha value is -1.61. The molecule has 2 N–H and O–H groups in total. The Bertz CT molecular complexity index is 511. The highest BCUT2D eigenvalue weighted by Crippen LogP contribution is 2.30. The van der Waals surface area contributed by atoms with Gasteiger partial charge in [0.05, 0.1) is 22.3 Å². The lowest BCUT2D eigenvalue weighted by molar-refractivity contribution is -0.116. The van der Waals surface area contributed by atoms with Crippen LogP contribution < -0.4 is 10.6 Å². The van der Waals surface area contributed by atoms with Crippen LogP contribution in [-0.4, -0.2) is 18.5 Å². The Labute approximate surface area is 113 Å². The highest BCUT2D eigenvalue weighted by Gasteiger charge is 2.20. The van der Waals surface area contributed by atoms with Crippen molar-refractivity contribution in [2.24, 2.45) is 5.73 Å². The van der Waals surface area contributed by atoms with E-state index in [-0.39, 0.29) is 28.3 Å². The maximum absolute atomic E-state index is 14.1. The molecule has 0 saturated heterocycles. The van der Waals surface area contributed by atoms with Gasteiger partial charge in [-0.3, -0.25) is 4.79 Å². The Balaban J connectivity index is 3.26. The van der Waals surface area contributed by atoms with Crippen LogP contribution in [0.4, 0.5) is 10.1 Å². The van der Waals surface area contributed by atoms with Crippen molar-refractivity contribution in [3.8, 4) is 6.07 Å². The Kier molecular flexibility index (Phi) is 4.68. The van der Waals surface area contributed by atoms with Crippen LogP contribution in [0.1, 0.15) is 19.4 Å². The van der Waals surface area contributed by atoms with Gasteiger partial charge in [-0.05, 0) is 41.9 Å². The molecule has 0 aromatic heterocycles. The highest BCUT2D eigenvalue weighted by molar-refractivity contribution is 9.10. The van der Waals surface area contributed by atoms with Gasteiger partial charge in [0.2, 0.25) is 5.91 Å². The number of halogens is 2. The van der Waals surface area contributed by atoms with E-state index in [1.165, 1.54) is 12.1 Å². The summed E-state index contributed by atoms with van der Waals surface area (Å²) < 4.78 is 14.2. The molecule has 1 amide bonds. The zero-order valence-electron chi connectivity index (χ0n) is 10.1. The maximum Gasteiger partial charge on any atom is 0.236 e. The molecule has 4 nitrogen and oxygen atoms in total. The van der Waals surface area contributed by atoms with Crippen molar-refractivity contribution in [3.63, 3.8) is 0 Å². The summed E-state index contributed by atoms with van der Waals surface area (Å²) in [4.78, 5) is 12.5. The van der Waals surface area contributed by atoms with E-state index in [0.717, 1.165) is 0 Å². The lowest BCUT2D eigenvalue weighted by atomic mass is 10.1. The zero-order valence-corrected chi connectivity index (χ0v) is 11.7. The fourth-order valence-electron chi connectivity index (χ4n) is 1.56. The quantitative estimate of drug-likeness (QED) is 0.926. The molecule has 6 heteroatoms. The Morgan fingerprint density at radius 1 is 1.61 bits per heavy atom. The maximum atomic E-state index is 14.1. The largest absolute Gasteiger partial charge is 0.368 e. The molecule has 0 aliphatic rings. The summed E-state index contributed by atoms with van der Waals surface area (Å²) in [5.41, 5.74) is 5.60.